The highest BCUT2D eigenvalue weighted by Gasteiger charge is 2.15. The van der Waals surface area contributed by atoms with Crippen molar-refractivity contribution in [2.45, 2.75) is 19.6 Å². The van der Waals surface area contributed by atoms with E-state index < -0.39 is 8.07 Å². The van der Waals surface area contributed by atoms with Gasteiger partial charge >= 0.3 is 0 Å². The summed E-state index contributed by atoms with van der Waals surface area (Å²) in [6.45, 7) is 7.16. The molecule has 6 aromatic rings. The van der Waals surface area contributed by atoms with Gasteiger partial charge in [-0.15, -0.1) is 0 Å². The second-order valence-electron chi connectivity index (χ2n) is 10.8. The lowest BCUT2D eigenvalue weighted by atomic mass is 9.98. The summed E-state index contributed by atoms with van der Waals surface area (Å²) < 4.78 is 0. The summed E-state index contributed by atoms with van der Waals surface area (Å²) in [5.41, 5.74) is 10.5. The van der Waals surface area contributed by atoms with Crippen molar-refractivity contribution in [1.29, 1.82) is 0 Å². The average molecular weight is 507 g/mol. The summed E-state index contributed by atoms with van der Waals surface area (Å²) in [5.74, 6) is 0. The summed E-state index contributed by atoms with van der Waals surface area (Å²) in [6.07, 6.45) is 5.62. The first kappa shape index (κ1) is 24.0. The van der Waals surface area contributed by atoms with Crippen molar-refractivity contribution in [3.8, 4) is 44.5 Å². The molecule has 0 N–H and O–H groups in total. The summed E-state index contributed by atoms with van der Waals surface area (Å²) in [6, 6.07) is 39.4. The number of aromatic nitrogens is 2. The minimum atomic E-state index is -1.28. The lowest BCUT2D eigenvalue weighted by molar-refractivity contribution is 1.33. The molecule has 4 aromatic carbocycles. The van der Waals surface area contributed by atoms with Crippen molar-refractivity contribution < 1.29 is 0 Å². The number of hydrogen-bond acceptors (Lipinski definition) is 2. The number of pyridine rings is 2. The molecule has 0 aliphatic heterocycles. The van der Waals surface area contributed by atoms with E-state index in [9.17, 15) is 0 Å². The standard InChI is InChI=1S/C35H30N2Si/c1-38(2,3)34-16-14-27(15-17-34)25-4-8-28(9-5-25)31-12-13-32-22-33(24-37-35(32)23-31)29-10-6-26(7-11-29)30-18-20-36-21-19-30/h4-24H,1-3H3. The maximum absolute atomic E-state index is 4.81. The molecule has 0 bridgehead atoms. The van der Waals surface area contributed by atoms with Crippen molar-refractivity contribution in [2.75, 3.05) is 0 Å². The number of nitrogens with zero attached hydrogens (tertiary/aromatic N) is 2. The van der Waals surface area contributed by atoms with Gasteiger partial charge in [-0.05, 0) is 63.2 Å². The molecule has 0 aliphatic rings. The lowest BCUT2D eigenvalue weighted by Crippen LogP contribution is -2.37. The highest BCUT2D eigenvalue weighted by molar-refractivity contribution is 6.88. The average Bonchev–Trinajstić information content (AvgIpc) is 2.97. The van der Waals surface area contributed by atoms with Gasteiger partial charge in [-0.25, -0.2) is 0 Å². The Balaban J connectivity index is 1.23. The molecule has 0 atom stereocenters. The molecule has 0 aliphatic carbocycles. The fraction of sp³-hybridized carbons (Fsp3) is 0.0857. The largest absolute Gasteiger partial charge is 0.265 e. The van der Waals surface area contributed by atoms with Gasteiger partial charge in [-0.3, -0.25) is 9.97 Å². The van der Waals surface area contributed by atoms with Gasteiger partial charge in [0.2, 0.25) is 0 Å². The van der Waals surface area contributed by atoms with Crippen LogP contribution in [0.1, 0.15) is 0 Å². The van der Waals surface area contributed by atoms with Gasteiger partial charge < -0.3 is 0 Å². The minimum absolute atomic E-state index is 1.01. The molecule has 0 saturated carbocycles. The first-order valence-electron chi connectivity index (χ1n) is 13.1. The maximum atomic E-state index is 4.81. The van der Waals surface area contributed by atoms with Crippen LogP contribution in [0.5, 0.6) is 0 Å². The predicted octanol–water partition coefficient (Wildman–Crippen LogP) is 8.84. The molecule has 38 heavy (non-hydrogen) atoms. The fourth-order valence-corrected chi connectivity index (χ4v) is 6.04. The van der Waals surface area contributed by atoms with Crippen LogP contribution in [-0.2, 0) is 0 Å². The Bertz CT molecular complexity index is 1700. The van der Waals surface area contributed by atoms with E-state index in [1.807, 2.05) is 30.7 Å². The Kier molecular flexibility index (Phi) is 6.22. The van der Waals surface area contributed by atoms with Gasteiger partial charge in [-0.1, -0.05) is 110 Å². The van der Waals surface area contributed by atoms with Crippen LogP contribution in [0.3, 0.4) is 0 Å². The van der Waals surface area contributed by atoms with Crippen LogP contribution >= 0.6 is 0 Å². The highest BCUT2D eigenvalue weighted by Crippen LogP contribution is 2.30. The monoisotopic (exact) mass is 506 g/mol. The van der Waals surface area contributed by atoms with Crippen molar-refractivity contribution in [2.24, 2.45) is 0 Å². The minimum Gasteiger partial charge on any atom is -0.265 e. The van der Waals surface area contributed by atoms with Crippen LogP contribution in [0.25, 0.3) is 55.4 Å². The number of fused-ring (bicyclic) bond motifs is 1. The predicted molar refractivity (Wildman–Crippen MR) is 164 cm³/mol. The third-order valence-electron chi connectivity index (χ3n) is 7.22. The van der Waals surface area contributed by atoms with Gasteiger partial charge in [-0.2, -0.15) is 0 Å². The smallest absolute Gasteiger partial charge is 0.0775 e. The van der Waals surface area contributed by atoms with Gasteiger partial charge in [0, 0.05) is 29.5 Å². The van der Waals surface area contributed by atoms with E-state index in [4.69, 9.17) is 4.98 Å². The fourth-order valence-electron chi connectivity index (χ4n) is 4.88. The zero-order valence-corrected chi connectivity index (χ0v) is 23.0. The molecule has 2 heterocycles. The summed E-state index contributed by atoms with van der Waals surface area (Å²) in [5, 5.41) is 2.63. The second kappa shape index (κ2) is 9.84. The quantitative estimate of drug-likeness (QED) is 0.218. The lowest BCUT2D eigenvalue weighted by Gasteiger charge is -2.16. The van der Waals surface area contributed by atoms with Crippen LogP contribution in [-0.4, -0.2) is 18.0 Å². The van der Waals surface area contributed by atoms with Gasteiger partial charge in [0.15, 0.2) is 0 Å². The van der Waals surface area contributed by atoms with E-state index in [1.54, 1.807) is 0 Å². The molecule has 0 unspecified atom stereocenters. The Labute approximate surface area is 225 Å². The van der Waals surface area contributed by atoms with Crippen LogP contribution in [0.15, 0.2) is 128 Å². The molecule has 184 valence electrons. The zero-order valence-electron chi connectivity index (χ0n) is 22.0. The van der Waals surface area contributed by atoms with Gasteiger partial charge in [0.25, 0.3) is 0 Å². The summed E-state index contributed by atoms with van der Waals surface area (Å²) in [4.78, 5) is 8.92. The third-order valence-corrected chi connectivity index (χ3v) is 9.28. The molecule has 6 rings (SSSR count). The third kappa shape index (κ3) is 4.93. The Morgan fingerprint density at radius 3 is 1.45 bits per heavy atom. The maximum Gasteiger partial charge on any atom is 0.0775 e. The van der Waals surface area contributed by atoms with Crippen molar-refractivity contribution in [3.63, 3.8) is 0 Å². The normalized spacial score (nSPS) is 11.6. The molecule has 0 radical (unpaired) electrons. The number of hydrogen-bond donors (Lipinski definition) is 0. The Morgan fingerprint density at radius 2 is 0.895 bits per heavy atom. The SMILES string of the molecule is C[Si](C)(C)c1ccc(-c2ccc(-c3ccc4cc(-c5ccc(-c6ccncc6)cc5)cnc4c3)cc2)cc1. The highest BCUT2D eigenvalue weighted by atomic mass is 28.3. The molecule has 2 aromatic heterocycles. The number of benzene rings is 4. The van der Waals surface area contributed by atoms with Crippen LogP contribution in [0.4, 0.5) is 0 Å². The van der Waals surface area contributed by atoms with Crippen molar-refractivity contribution >= 4 is 24.2 Å². The molecule has 0 amide bonds. The van der Waals surface area contributed by atoms with Crippen LogP contribution in [0.2, 0.25) is 19.6 Å². The summed E-state index contributed by atoms with van der Waals surface area (Å²) in [7, 11) is -1.28. The van der Waals surface area contributed by atoms with E-state index in [2.05, 4.69) is 122 Å². The van der Waals surface area contributed by atoms with E-state index in [1.165, 1.54) is 38.6 Å². The number of rotatable bonds is 5. The molecule has 0 spiro atoms. The first-order chi connectivity index (χ1) is 18.4. The molecule has 0 fully saturated rings. The Hall–Kier alpha value is -4.34. The van der Waals surface area contributed by atoms with Gasteiger partial charge in [0.05, 0.1) is 13.6 Å². The molecular weight excluding hydrogens is 476 g/mol. The Morgan fingerprint density at radius 1 is 0.447 bits per heavy atom. The molecular formula is C35H30N2Si. The van der Waals surface area contributed by atoms with Crippen molar-refractivity contribution in [3.05, 3.63) is 128 Å². The van der Waals surface area contributed by atoms with Gasteiger partial charge in [0.1, 0.15) is 0 Å². The van der Waals surface area contributed by atoms with Crippen molar-refractivity contribution in [1.82, 2.24) is 9.97 Å². The van der Waals surface area contributed by atoms with E-state index in [0.29, 0.717) is 0 Å². The molecule has 3 heteroatoms. The van der Waals surface area contributed by atoms with E-state index >= 15 is 0 Å². The molecule has 0 saturated heterocycles. The second-order valence-corrected chi connectivity index (χ2v) is 15.9. The first-order valence-corrected chi connectivity index (χ1v) is 16.6. The molecule has 2 nitrogen and oxygen atoms in total. The van der Waals surface area contributed by atoms with Crippen LogP contribution in [0, 0.1) is 0 Å². The van der Waals surface area contributed by atoms with E-state index in [0.717, 1.165) is 22.0 Å². The van der Waals surface area contributed by atoms with E-state index in [-0.39, 0.29) is 0 Å². The summed E-state index contributed by atoms with van der Waals surface area (Å²) >= 11 is 0. The topological polar surface area (TPSA) is 25.8 Å². The zero-order chi connectivity index (χ0) is 26.1. The van der Waals surface area contributed by atoms with Crippen LogP contribution < -0.4 is 5.19 Å².